The number of benzene rings is 1. The lowest BCUT2D eigenvalue weighted by Crippen LogP contribution is -2.50. The van der Waals surface area contributed by atoms with Gasteiger partial charge in [0, 0.05) is 26.2 Å². The average Bonchev–Trinajstić information content (AvgIpc) is 3.33. The van der Waals surface area contributed by atoms with Gasteiger partial charge in [0.05, 0.1) is 10.6 Å². The number of amides is 1. The van der Waals surface area contributed by atoms with Crippen molar-refractivity contribution in [3.05, 3.63) is 58.1 Å². The van der Waals surface area contributed by atoms with Gasteiger partial charge in [0.2, 0.25) is 5.91 Å². The monoisotopic (exact) mass is 388 g/mol. The van der Waals surface area contributed by atoms with Crippen molar-refractivity contribution in [1.29, 1.82) is 0 Å². The van der Waals surface area contributed by atoms with Crippen LogP contribution >= 0.6 is 11.3 Å². The van der Waals surface area contributed by atoms with Crippen LogP contribution in [0.25, 0.3) is 10.8 Å². The highest BCUT2D eigenvalue weighted by Crippen LogP contribution is 2.22. The first kappa shape index (κ1) is 17.5. The van der Waals surface area contributed by atoms with E-state index in [0.717, 1.165) is 9.56 Å². The van der Waals surface area contributed by atoms with Crippen LogP contribution in [0.1, 0.15) is 0 Å². The molecule has 0 spiro atoms. The number of carbonyl (C=O) groups is 1. The number of carbonyl (C=O) groups excluding carboxylic acids is 1. The van der Waals surface area contributed by atoms with Crippen molar-refractivity contribution in [1.82, 2.24) is 14.7 Å². The number of rotatable bonds is 4. The molecular weight excluding hydrogens is 371 g/mol. The molecule has 1 aliphatic heterocycles. The first-order valence-electron chi connectivity index (χ1n) is 8.51. The largest absolute Gasteiger partial charge is 0.437 e. The Bertz CT molecular complexity index is 990. The molecule has 4 rings (SSSR count). The molecule has 1 aliphatic rings. The minimum absolute atomic E-state index is 0.173. The highest BCUT2D eigenvalue weighted by molar-refractivity contribution is 7.13. The van der Waals surface area contributed by atoms with Crippen molar-refractivity contribution in [2.24, 2.45) is 0 Å². The maximum atomic E-state index is 13.9. The molecule has 7 nitrogen and oxygen atoms in total. The van der Waals surface area contributed by atoms with E-state index in [1.54, 1.807) is 29.2 Å². The zero-order valence-electron chi connectivity index (χ0n) is 14.4. The molecule has 9 heteroatoms. The molecule has 27 heavy (non-hydrogen) atoms. The summed E-state index contributed by atoms with van der Waals surface area (Å²) < 4.78 is 20.1. The molecule has 0 N–H and O–H groups in total. The fraction of sp³-hybridized carbons (Fsp3) is 0.278. The summed E-state index contributed by atoms with van der Waals surface area (Å²) >= 11 is 1.40. The second-order valence-corrected chi connectivity index (χ2v) is 7.08. The lowest BCUT2D eigenvalue weighted by Gasteiger charge is -2.36. The molecule has 1 amide bonds. The molecule has 3 aromatic rings. The molecule has 140 valence electrons. The molecule has 0 unspecified atom stereocenters. The van der Waals surface area contributed by atoms with E-state index >= 15 is 0 Å². The van der Waals surface area contributed by atoms with Gasteiger partial charge in [-0.2, -0.15) is 4.68 Å². The summed E-state index contributed by atoms with van der Waals surface area (Å²) in [5, 5.41) is 5.96. The minimum atomic E-state index is -0.656. The summed E-state index contributed by atoms with van der Waals surface area (Å²) in [5.74, 6) is -0.923. The standard InChI is InChI=1S/C18H17FN4O3S/c19-13-4-1-2-5-14(13)21-7-9-22(10-8-21)16(24)12-23-18(25)26-17(20-23)15-6-3-11-27-15/h1-6,11H,7-10,12H2. The van der Waals surface area contributed by atoms with Crippen LogP contribution in [-0.4, -0.2) is 46.8 Å². The van der Waals surface area contributed by atoms with Gasteiger partial charge in [-0.1, -0.05) is 18.2 Å². The van der Waals surface area contributed by atoms with Crippen molar-refractivity contribution in [2.45, 2.75) is 6.54 Å². The third-order valence-electron chi connectivity index (χ3n) is 4.45. The number of piperazine rings is 1. The van der Waals surface area contributed by atoms with Crippen molar-refractivity contribution < 1.29 is 13.6 Å². The Morgan fingerprint density at radius 2 is 1.93 bits per heavy atom. The zero-order valence-corrected chi connectivity index (χ0v) is 15.2. The molecule has 0 aliphatic carbocycles. The number of halogens is 1. The first-order valence-corrected chi connectivity index (χ1v) is 9.39. The Morgan fingerprint density at radius 1 is 1.15 bits per heavy atom. The van der Waals surface area contributed by atoms with E-state index in [1.165, 1.54) is 17.4 Å². The number of thiophene rings is 1. The number of nitrogens with zero attached hydrogens (tertiary/aromatic N) is 4. The van der Waals surface area contributed by atoms with Gasteiger partial charge in [-0.15, -0.1) is 16.4 Å². The first-order chi connectivity index (χ1) is 13.1. The smallest absolute Gasteiger partial charge is 0.387 e. The Morgan fingerprint density at radius 3 is 2.63 bits per heavy atom. The van der Waals surface area contributed by atoms with E-state index in [0.29, 0.717) is 31.9 Å². The predicted molar refractivity (Wildman–Crippen MR) is 99.3 cm³/mol. The van der Waals surface area contributed by atoms with E-state index in [2.05, 4.69) is 5.10 Å². The van der Waals surface area contributed by atoms with Gasteiger partial charge in [-0.3, -0.25) is 4.79 Å². The Labute approximate surface area is 158 Å². The summed E-state index contributed by atoms with van der Waals surface area (Å²) in [7, 11) is 0. The third-order valence-corrected chi connectivity index (χ3v) is 5.31. The van der Waals surface area contributed by atoms with Gasteiger partial charge in [0.1, 0.15) is 12.4 Å². The maximum Gasteiger partial charge on any atom is 0.437 e. The van der Waals surface area contributed by atoms with Crippen LogP contribution in [0.3, 0.4) is 0 Å². The van der Waals surface area contributed by atoms with Gasteiger partial charge >= 0.3 is 5.76 Å². The highest BCUT2D eigenvalue weighted by atomic mass is 32.1. The van der Waals surface area contributed by atoms with Crippen molar-refractivity contribution in [2.75, 3.05) is 31.1 Å². The van der Waals surface area contributed by atoms with Crippen LogP contribution in [0.15, 0.2) is 51.0 Å². The molecule has 0 saturated carbocycles. The number of aromatic nitrogens is 2. The van der Waals surface area contributed by atoms with Crippen molar-refractivity contribution in [3.63, 3.8) is 0 Å². The fourth-order valence-corrected chi connectivity index (χ4v) is 3.68. The SMILES string of the molecule is O=C(Cn1nc(-c2cccs2)oc1=O)N1CCN(c2ccccc2F)CC1. The van der Waals surface area contributed by atoms with E-state index < -0.39 is 5.76 Å². The van der Waals surface area contributed by atoms with Crippen LogP contribution in [-0.2, 0) is 11.3 Å². The molecular formula is C18H17FN4O3S. The van der Waals surface area contributed by atoms with Crippen LogP contribution < -0.4 is 10.7 Å². The number of hydrogen-bond donors (Lipinski definition) is 0. The summed E-state index contributed by atoms with van der Waals surface area (Å²) in [6.45, 7) is 1.80. The summed E-state index contributed by atoms with van der Waals surface area (Å²) in [4.78, 5) is 28.8. The Balaban J connectivity index is 1.39. The fourth-order valence-electron chi connectivity index (χ4n) is 3.04. The molecule has 1 aromatic carbocycles. The molecule has 0 atom stereocenters. The molecule has 0 bridgehead atoms. The van der Waals surface area contributed by atoms with Crippen molar-refractivity contribution >= 4 is 22.9 Å². The molecule has 2 aromatic heterocycles. The number of anilines is 1. The topological polar surface area (TPSA) is 71.6 Å². The Hall–Kier alpha value is -2.94. The van der Waals surface area contributed by atoms with E-state index in [1.807, 2.05) is 16.3 Å². The molecule has 3 heterocycles. The van der Waals surface area contributed by atoms with Crippen LogP contribution in [0, 0.1) is 5.82 Å². The summed E-state index contributed by atoms with van der Waals surface area (Å²) in [5.41, 5.74) is 0.540. The molecule has 1 fully saturated rings. The molecule has 1 saturated heterocycles. The van der Waals surface area contributed by atoms with Gasteiger partial charge in [0.15, 0.2) is 0 Å². The van der Waals surface area contributed by atoms with E-state index in [9.17, 15) is 14.0 Å². The van der Waals surface area contributed by atoms with Crippen LogP contribution in [0.4, 0.5) is 10.1 Å². The normalized spacial score (nSPS) is 14.6. The van der Waals surface area contributed by atoms with Gasteiger partial charge in [0.25, 0.3) is 5.89 Å². The van der Waals surface area contributed by atoms with Gasteiger partial charge in [-0.25, -0.2) is 9.18 Å². The maximum absolute atomic E-state index is 13.9. The lowest BCUT2D eigenvalue weighted by molar-refractivity contribution is -0.132. The highest BCUT2D eigenvalue weighted by Gasteiger charge is 2.24. The second kappa shape index (κ2) is 7.36. The van der Waals surface area contributed by atoms with Gasteiger partial charge < -0.3 is 14.2 Å². The lowest BCUT2D eigenvalue weighted by atomic mass is 10.2. The Kier molecular flexibility index (Phi) is 4.76. The summed E-state index contributed by atoms with van der Waals surface area (Å²) in [6.07, 6.45) is 0. The number of para-hydroxylation sites is 1. The van der Waals surface area contributed by atoms with Crippen LogP contribution in [0.2, 0.25) is 0 Å². The van der Waals surface area contributed by atoms with E-state index in [4.69, 9.17) is 4.42 Å². The van der Waals surface area contributed by atoms with Gasteiger partial charge in [-0.05, 0) is 23.6 Å². The number of hydrogen-bond acceptors (Lipinski definition) is 6. The molecule has 0 radical (unpaired) electrons. The second-order valence-electron chi connectivity index (χ2n) is 6.13. The third kappa shape index (κ3) is 3.63. The van der Waals surface area contributed by atoms with Crippen LogP contribution in [0.5, 0.6) is 0 Å². The van der Waals surface area contributed by atoms with E-state index in [-0.39, 0.29) is 24.2 Å². The minimum Gasteiger partial charge on any atom is -0.387 e. The zero-order chi connectivity index (χ0) is 18.8. The quantitative estimate of drug-likeness (QED) is 0.684. The predicted octanol–water partition coefficient (Wildman–Crippen LogP) is 2.05. The average molecular weight is 388 g/mol. The van der Waals surface area contributed by atoms with Crippen molar-refractivity contribution in [3.8, 4) is 10.8 Å². The summed E-state index contributed by atoms with van der Waals surface area (Å²) in [6, 6.07) is 10.2.